The number of rotatable bonds is 4. The van der Waals surface area contributed by atoms with E-state index < -0.39 is 0 Å². The van der Waals surface area contributed by atoms with Crippen molar-refractivity contribution in [3.63, 3.8) is 0 Å². The number of nitrogens with one attached hydrogen (secondary N) is 1. The van der Waals surface area contributed by atoms with Crippen LogP contribution in [0.3, 0.4) is 0 Å². The van der Waals surface area contributed by atoms with Crippen molar-refractivity contribution in [2.45, 2.75) is 32.1 Å². The van der Waals surface area contributed by atoms with Crippen molar-refractivity contribution in [2.24, 2.45) is 16.3 Å². The Bertz CT molecular complexity index is 655. The van der Waals surface area contributed by atoms with Crippen LogP contribution < -0.4 is 15.0 Å². The Morgan fingerprint density at radius 1 is 1.31 bits per heavy atom. The Hall–Kier alpha value is -1.91. The molecular weight excluding hydrogens is 324 g/mol. The predicted octanol–water partition coefficient (Wildman–Crippen LogP) is 2.97. The minimum Gasteiger partial charge on any atom is -0.497 e. The van der Waals surface area contributed by atoms with Crippen LogP contribution in [0.5, 0.6) is 5.75 Å². The van der Waals surface area contributed by atoms with Gasteiger partial charge in [0.25, 0.3) is 0 Å². The summed E-state index contributed by atoms with van der Waals surface area (Å²) in [6.07, 6.45) is 6.82. The second-order valence-corrected chi connectivity index (χ2v) is 8.26. The summed E-state index contributed by atoms with van der Waals surface area (Å²) in [5.41, 5.74) is 1.89. The molecule has 2 aliphatic heterocycles. The van der Waals surface area contributed by atoms with E-state index in [0.29, 0.717) is 11.3 Å². The molecule has 1 atom stereocenters. The van der Waals surface area contributed by atoms with Gasteiger partial charge < -0.3 is 19.9 Å². The monoisotopic (exact) mass is 356 g/mol. The highest BCUT2D eigenvalue weighted by molar-refractivity contribution is 5.80. The van der Waals surface area contributed by atoms with E-state index in [9.17, 15) is 0 Å². The molecule has 26 heavy (non-hydrogen) atoms. The van der Waals surface area contributed by atoms with Crippen molar-refractivity contribution in [1.29, 1.82) is 0 Å². The number of anilines is 1. The number of guanidine groups is 1. The summed E-state index contributed by atoms with van der Waals surface area (Å²) in [6.45, 7) is 5.59. The Morgan fingerprint density at radius 2 is 2.19 bits per heavy atom. The molecule has 3 aliphatic rings. The first-order valence-electron chi connectivity index (χ1n) is 10.1. The van der Waals surface area contributed by atoms with Gasteiger partial charge in [-0.1, -0.05) is 12.5 Å². The van der Waals surface area contributed by atoms with Crippen LogP contribution in [0.25, 0.3) is 0 Å². The van der Waals surface area contributed by atoms with E-state index in [-0.39, 0.29) is 0 Å². The average molecular weight is 357 g/mol. The van der Waals surface area contributed by atoms with E-state index in [2.05, 4.69) is 38.3 Å². The second-order valence-electron chi connectivity index (χ2n) is 8.26. The second kappa shape index (κ2) is 7.37. The number of hydrogen-bond donors (Lipinski definition) is 1. The first-order valence-corrected chi connectivity index (χ1v) is 10.1. The van der Waals surface area contributed by atoms with Crippen molar-refractivity contribution in [2.75, 3.05) is 51.8 Å². The molecule has 0 bridgehead atoms. The first-order chi connectivity index (χ1) is 12.7. The average Bonchev–Trinajstić information content (AvgIpc) is 3.30. The summed E-state index contributed by atoms with van der Waals surface area (Å²) in [5, 5.41) is 3.66. The highest BCUT2D eigenvalue weighted by Gasteiger charge is 2.43. The summed E-state index contributed by atoms with van der Waals surface area (Å²) in [6, 6.07) is 8.40. The molecule has 0 aromatic heterocycles. The lowest BCUT2D eigenvalue weighted by atomic mass is 9.68. The maximum Gasteiger partial charge on any atom is 0.193 e. The van der Waals surface area contributed by atoms with Crippen LogP contribution >= 0.6 is 0 Å². The van der Waals surface area contributed by atoms with Gasteiger partial charge in [0, 0.05) is 51.5 Å². The molecule has 0 amide bonds. The third kappa shape index (κ3) is 3.49. The molecule has 2 heterocycles. The largest absolute Gasteiger partial charge is 0.497 e. The zero-order valence-corrected chi connectivity index (χ0v) is 16.2. The van der Waals surface area contributed by atoms with E-state index in [1.807, 2.05) is 13.1 Å². The molecule has 5 heteroatoms. The molecule has 3 fully saturated rings. The topological polar surface area (TPSA) is 40.1 Å². The minimum atomic E-state index is 0.619. The third-order valence-corrected chi connectivity index (χ3v) is 6.62. The Kier molecular flexibility index (Phi) is 4.96. The van der Waals surface area contributed by atoms with Crippen molar-refractivity contribution >= 4 is 11.6 Å². The summed E-state index contributed by atoms with van der Waals surface area (Å²) in [7, 11) is 3.65. The Labute approximate surface area is 157 Å². The van der Waals surface area contributed by atoms with Crippen LogP contribution in [0.4, 0.5) is 5.69 Å². The van der Waals surface area contributed by atoms with Crippen LogP contribution in [0, 0.1) is 11.3 Å². The number of benzene rings is 1. The number of methoxy groups -OCH3 is 1. The van der Waals surface area contributed by atoms with Gasteiger partial charge in [-0.05, 0) is 49.1 Å². The number of aliphatic imine (C=N–C) groups is 1. The van der Waals surface area contributed by atoms with Gasteiger partial charge in [-0.3, -0.25) is 4.99 Å². The van der Waals surface area contributed by atoms with Gasteiger partial charge in [-0.2, -0.15) is 0 Å². The standard InChI is InChI=1S/C21H32N4O/c1-22-20(25-12-10-21(16-25)8-4-9-21)23-14-17-7-11-24(15-17)18-5-3-6-19(13-18)26-2/h3,5-6,13,17H,4,7-12,14-16H2,1-2H3,(H,22,23). The maximum absolute atomic E-state index is 5.36. The number of ether oxygens (including phenoxy) is 1. The van der Waals surface area contributed by atoms with Gasteiger partial charge in [0.1, 0.15) is 5.75 Å². The maximum atomic E-state index is 5.36. The summed E-state index contributed by atoms with van der Waals surface area (Å²) in [5.74, 6) is 2.70. The molecule has 2 saturated heterocycles. The van der Waals surface area contributed by atoms with Gasteiger partial charge >= 0.3 is 0 Å². The van der Waals surface area contributed by atoms with Crippen molar-refractivity contribution in [1.82, 2.24) is 10.2 Å². The fourth-order valence-electron chi connectivity index (χ4n) is 4.81. The van der Waals surface area contributed by atoms with Crippen LogP contribution in [0.2, 0.25) is 0 Å². The van der Waals surface area contributed by atoms with Gasteiger partial charge in [-0.25, -0.2) is 0 Å². The molecule has 1 saturated carbocycles. The highest BCUT2D eigenvalue weighted by Crippen LogP contribution is 2.47. The SMILES string of the molecule is CN=C(NCC1CCN(c2cccc(OC)c2)C1)N1CCC2(CCC2)C1. The molecule has 1 aliphatic carbocycles. The summed E-state index contributed by atoms with van der Waals surface area (Å²) in [4.78, 5) is 9.51. The zero-order chi connectivity index (χ0) is 18.0. The Balaban J connectivity index is 1.28. The van der Waals surface area contributed by atoms with Gasteiger partial charge in [0.2, 0.25) is 0 Å². The fraction of sp³-hybridized carbons (Fsp3) is 0.667. The fourth-order valence-corrected chi connectivity index (χ4v) is 4.81. The zero-order valence-electron chi connectivity index (χ0n) is 16.2. The molecule has 4 rings (SSSR count). The third-order valence-electron chi connectivity index (χ3n) is 6.62. The van der Waals surface area contributed by atoms with Gasteiger partial charge in [-0.15, -0.1) is 0 Å². The molecule has 1 aromatic rings. The van der Waals surface area contributed by atoms with Crippen molar-refractivity contribution in [3.05, 3.63) is 24.3 Å². The number of hydrogen-bond acceptors (Lipinski definition) is 3. The van der Waals surface area contributed by atoms with Crippen LogP contribution in [0.1, 0.15) is 32.1 Å². The van der Waals surface area contributed by atoms with Crippen LogP contribution in [-0.2, 0) is 0 Å². The number of nitrogens with zero attached hydrogens (tertiary/aromatic N) is 3. The summed E-state index contributed by atoms with van der Waals surface area (Å²) < 4.78 is 5.36. The van der Waals surface area contributed by atoms with E-state index in [0.717, 1.165) is 31.3 Å². The molecule has 1 unspecified atom stereocenters. The first kappa shape index (κ1) is 17.5. The molecule has 0 radical (unpaired) electrons. The molecule has 5 nitrogen and oxygen atoms in total. The number of likely N-dealkylation sites (tertiary alicyclic amines) is 1. The lowest BCUT2D eigenvalue weighted by Crippen LogP contribution is -2.44. The predicted molar refractivity (Wildman–Crippen MR) is 107 cm³/mol. The van der Waals surface area contributed by atoms with Crippen molar-refractivity contribution < 1.29 is 4.74 Å². The Morgan fingerprint density at radius 3 is 2.88 bits per heavy atom. The van der Waals surface area contributed by atoms with Crippen LogP contribution in [0.15, 0.2) is 29.3 Å². The quantitative estimate of drug-likeness (QED) is 0.665. The normalized spacial score (nSPS) is 24.8. The molecule has 1 spiro atoms. The molecule has 142 valence electrons. The van der Waals surface area contributed by atoms with Crippen LogP contribution in [-0.4, -0.2) is 57.7 Å². The van der Waals surface area contributed by atoms with Gasteiger partial charge in [0.15, 0.2) is 5.96 Å². The van der Waals surface area contributed by atoms with E-state index in [1.54, 1.807) is 7.11 Å². The lowest BCUT2D eigenvalue weighted by Gasteiger charge is -2.38. The highest BCUT2D eigenvalue weighted by atomic mass is 16.5. The van der Waals surface area contributed by atoms with E-state index >= 15 is 0 Å². The molecular formula is C21H32N4O. The van der Waals surface area contributed by atoms with Crippen molar-refractivity contribution in [3.8, 4) is 5.75 Å². The lowest BCUT2D eigenvalue weighted by molar-refractivity contribution is 0.151. The minimum absolute atomic E-state index is 0.619. The van der Waals surface area contributed by atoms with E-state index in [1.165, 1.54) is 50.9 Å². The smallest absolute Gasteiger partial charge is 0.193 e. The molecule has 1 aromatic carbocycles. The van der Waals surface area contributed by atoms with E-state index in [4.69, 9.17) is 4.74 Å². The molecule has 1 N–H and O–H groups in total. The van der Waals surface area contributed by atoms with Gasteiger partial charge in [0.05, 0.1) is 7.11 Å². The summed E-state index contributed by atoms with van der Waals surface area (Å²) >= 11 is 0.